The monoisotopic (exact) mass is 245 g/mol. The smallest absolute Gasteiger partial charge is 0.394 e. The Hall–Kier alpha value is -1.55. The highest BCUT2D eigenvalue weighted by molar-refractivity contribution is 5.09. The first-order valence-corrected chi connectivity index (χ1v) is 4.86. The van der Waals surface area contributed by atoms with E-state index in [2.05, 4.69) is 4.98 Å². The number of hydrogen-bond donors (Lipinski definition) is 3. The lowest BCUT2D eigenvalue weighted by molar-refractivity contribution is -0.398. The molecule has 0 radical (unpaired) electrons. The molecular weight excluding hydrogens is 234 g/mol. The Balaban J connectivity index is 2.29. The number of aromatic nitrogens is 2. The normalized spacial score (nSPS) is 32.9. The number of imidazole rings is 1. The quantitative estimate of drug-likeness (QED) is 0.431. The molecule has 0 saturated carbocycles. The molecule has 1 aliphatic rings. The molecule has 94 valence electrons. The van der Waals surface area contributed by atoms with Gasteiger partial charge in [-0.1, -0.05) is 4.98 Å². The van der Waals surface area contributed by atoms with E-state index in [1.54, 1.807) is 0 Å². The van der Waals surface area contributed by atoms with Crippen LogP contribution in [-0.4, -0.2) is 54.7 Å². The van der Waals surface area contributed by atoms with Gasteiger partial charge in [0.15, 0.2) is 0 Å². The molecule has 9 heteroatoms. The standard InChI is InChI=1S/C8H11N3O6/c12-3-4-5(13)6(14)7(17-4)10-2-1-9-8(10)11(15)16/h1-2,4-7,12-14H,3H2/t4-,5+,6+,7+/m0/s1. The second-order valence-electron chi connectivity index (χ2n) is 3.62. The highest BCUT2D eigenvalue weighted by atomic mass is 16.6. The summed E-state index contributed by atoms with van der Waals surface area (Å²) in [6.07, 6.45) is -2.32. The summed E-state index contributed by atoms with van der Waals surface area (Å²) in [5.74, 6) is -0.500. The topological polar surface area (TPSA) is 131 Å². The van der Waals surface area contributed by atoms with Crippen molar-refractivity contribution in [3.63, 3.8) is 0 Å². The third-order valence-corrected chi connectivity index (χ3v) is 2.60. The average molecular weight is 245 g/mol. The maximum Gasteiger partial charge on any atom is 0.436 e. The molecule has 2 heterocycles. The maximum atomic E-state index is 10.7. The summed E-state index contributed by atoms with van der Waals surface area (Å²) < 4.78 is 6.14. The second-order valence-corrected chi connectivity index (χ2v) is 3.62. The van der Waals surface area contributed by atoms with E-state index in [0.29, 0.717) is 0 Å². The van der Waals surface area contributed by atoms with Gasteiger partial charge in [-0.25, -0.2) is 0 Å². The van der Waals surface area contributed by atoms with Gasteiger partial charge in [0.05, 0.1) is 6.61 Å². The molecule has 1 fully saturated rings. The molecule has 1 saturated heterocycles. The molecule has 0 spiro atoms. The van der Waals surface area contributed by atoms with E-state index in [9.17, 15) is 20.3 Å². The summed E-state index contributed by atoms with van der Waals surface area (Å²) in [5.41, 5.74) is 0. The minimum atomic E-state index is -1.36. The van der Waals surface area contributed by atoms with Gasteiger partial charge in [0.25, 0.3) is 0 Å². The molecular formula is C8H11N3O6. The predicted molar refractivity (Wildman–Crippen MR) is 51.9 cm³/mol. The Labute approximate surface area is 95.0 Å². The van der Waals surface area contributed by atoms with Gasteiger partial charge in [0, 0.05) is 0 Å². The summed E-state index contributed by atoms with van der Waals surface area (Å²) in [6.45, 7) is -0.489. The molecule has 2 rings (SSSR count). The van der Waals surface area contributed by atoms with E-state index in [-0.39, 0.29) is 0 Å². The first-order chi connectivity index (χ1) is 8.06. The first-order valence-electron chi connectivity index (χ1n) is 4.86. The van der Waals surface area contributed by atoms with Crippen molar-refractivity contribution in [1.82, 2.24) is 9.55 Å². The number of ether oxygens (including phenoxy) is 1. The molecule has 1 aromatic rings. The van der Waals surface area contributed by atoms with Crippen molar-refractivity contribution < 1.29 is 25.0 Å². The number of aliphatic hydroxyl groups is 3. The molecule has 9 nitrogen and oxygen atoms in total. The van der Waals surface area contributed by atoms with E-state index in [4.69, 9.17) is 9.84 Å². The van der Waals surface area contributed by atoms with Gasteiger partial charge >= 0.3 is 5.95 Å². The van der Waals surface area contributed by atoms with E-state index < -0.39 is 42.0 Å². The van der Waals surface area contributed by atoms with Crippen molar-refractivity contribution in [2.75, 3.05) is 6.61 Å². The van der Waals surface area contributed by atoms with Crippen LogP contribution in [0.4, 0.5) is 5.95 Å². The first kappa shape index (κ1) is 11.9. The molecule has 0 amide bonds. The molecule has 0 unspecified atom stereocenters. The van der Waals surface area contributed by atoms with Gasteiger partial charge < -0.3 is 30.2 Å². The zero-order valence-electron chi connectivity index (χ0n) is 8.58. The minimum Gasteiger partial charge on any atom is -0.394 e. The lowest BCUT2D eigenvalue weighted by atomic mass is 10.1. The molecule has 1 aromatic heterocycles. The number of hydrogen-bond acceptors (Lipinski definition) is 7. The van der Waals surface area contributed by atoms with E-state index in [0.717, 1.165) is 4.57 Å². The van der Waals surface area contributed by atoms with E-state index >= 15 is 0 Å². The minimum absolute atomic E-state index is 0.489. The van der Waals surface area contributed by atoms with Gasteiger partial charge in [-0.15, -0.1) is 0 Å². The summed E-state index contributed by atoms with van der Waals surface area (Å²) in [5, 5.41) is 38.7. The van der Waals surface area contributed by atoms with Crippen LogP contribution in [0, 0.1) is 10.1 Å². The van der Waals surface area contributed by atoms with Crippen LogP contribution in [-0.2, 0) is 4.74 Å². The van der Waals surface area contributed by atoms with Crippen LogP contribution in [0.5, 0.6) is 0 Å². The molecule has 4 atom stereocenters. The Bertz CT molecular complexity index is 421. The Morgan fingerprint density at radius 2 is 2.24 bits per heavy atom. The second kappa shape index (κ2) is 4.37. The molecule has 1 aliphatic heterocycles. The highest BCUT2D eigenvalue weighted by Crippen LogP contribution is 2.31. The van der Waals surface area contributed by atoms with Crippen molar-refractivity contribution in [3.8, 4) is 0 Å². The van der Waals surface area contributed by atoms with Crippen LogP contribution >= 0.6 is 0 Å². The largest absolute Gasteiger partial charge is 0.436 e. The summed E-state index contributed by atoms with van der Waals surface area (Å²) in [4.78, 5) is 13.4. The molecule has 0 bridgehead atoms. The van der Waals surface area contributed by atoms with Gasteiger partial charge in [0.2, 0.25) is 6.23 Å². The fraction of sp³-hybridized carbons (Fsp3) is 0.625. The van der Waals surface area contributed by atoms with Gasteiger partial charge in [-0.3, -0.25) is 0 Å². The Kier molecular flexibility index (Phi) is 3.07. The van der Waals surface area contributed by atoms with Crippen LogP contribution in [0.15, 0.2) is 12.4 Å². The van der Waals surface area contributed by atoms with Crippen LogP contribution in [0.3, 0.4) is 0 Å². The van der Waals surface area contributed by atoms with Crippen molar-refractivity contribution in [1.29, 1.82) is 0 Å². The molecule has 3 N–H and O–H groups in total. The SMILES string of the molecule is O=[N+]([O-])c1nccn1[C@@H]1O[C@@H](CO)[C@@H](O)[C@H]1O. The summed E-state index contributed by atoms with van der Waals surface area (Å²) >= 11 is 0. The Morgan fingerprint density at radius 3 is 2.76 bits per heavy atom. The van der Waals surface area contributed by atoms with E-state index in [1.807, 2.05) is 0 Å². The number of nitro groups is 1. The summed E-state index contributed by atoms with van der Waals surface area (Å²) in [6, 6.07) is 0. The van der Waals surface area contributed by atoms with Crippen LogP contribution < -0.4 is 0 Å². The molecule has 0 aromatic carbocycles. The predicted octanol–water partition coefficient (Wildman–Crippen LogP) is -1.60. The maximum absolute atomic E-state index is 10.7. The van der Waals surface area contributed by atoms with Crippen molar-refractivity contribution in [3.05, 3.63) is 22.5 Å². The fourth-order valence-electron chi connectivity index (χ4n) is 1.76. The Morgan fingerprint density at radius 1 is 1.53 bits per heavy atom. The zero-order valence-corrected chi connectivity index (χ0v) is 8.58. The fourth-order valence-corrected chi connectivity index (χ4v) is 1.76. The third-order valence-electron chi connectivity index (χ3n) is 2.60. The lowest BCUT2D eigenvalue weighted by Gasteiger charge is -2.13. The molecule has 0 aliphatic carbocycles. The third kappa shape index (κ3) is 1.89. The van der Waals surface area contributed by atoms with Crippen LogP contribution in [0.1, 0.15) is 6.23 Å². The number of nitrogens with zero attached hydrogens (tertiary/aromatic N) is 3. The van der Waals surface area contributed by atoms with Crippen molar-refractivity contribution in [2.24, 2.45) is 0 Å². The van der Waals surface area contributed by atoms with Gasteiger partial charge in [-0.2, -0.15) is 4.57 Å². The van der Waals surface area contributed by atoms with Gasteiger partial charge in [-0.05, 0) is 4.92 Å². The lowest BCUT2D eigenvalue weighted by Crippen LogP contribution is -2.33. The van der Waals surface area contributed by atoms with E-state index in [1.165, 1.54) is 12.4 Å². The van der Waals surface area contributed by atoms with Crippen molar-refractivity contribution >= 4 is 5.95 Å². The highest BCUT2D eigenvalue weighted by Gasteiger charge is 2.46. The van der Waals surface area contributed by atoms with Gasteiger partial charge in [0.1, 0.15) is 30.7 Å². The molecule has 17 heavy (non-hydrogen) atoms. The number of aliphatic hydroxyl groups excluding tert-OH is 3. The van der Waals surface area contributed by atoms with Crippen molar-refractivity contribution in [2.45, 2.75) is 24.5 Å². The number of rotatable bonds is 3. The van der Waals surface area contributed by atoms with Crippen LogP contribution in [0.2, 0.25) is 0 Å². The zero-order chi connectivity index (χ0) is 12.6. The van der Waals surface area contributed by atoms with Crippen LogP contribution in [0.25, 0.3) is 0 Å². The average Bonchev–Trinajstić information content (AvgIpc) is 2.86. The summed E-state index contributed by atoms with van der Waals surface area (Å²) in [7, 11) is 0.